The quantitative estimate of drug-likeness (QED) is 0.855. The molecule has 0 radical (unpaired) electrons. The molecule has 1 saturated heterocycles. The maximum atomic E-state index is 12.2. The highest BCUT2D eigenvalue weighted by molar-refractivity contribution is 5.85. The van der Waals surface area contributed by atoms with Crippen LogP contribution in [0, 0.1) is 13.8 Å². The van der Waals surface area contributed by atoms with Gasteiger partial charge in [0.05, 0.1) is 18.3 Å². The summed E-state index contributed by atoms with van der Waals surface area (Å²) in [6.45, 7) is 7.28. The Morgan fingerprint density at radius 1 is 1.38 bits per heavy atom. The first-order chi connectivity index (χ1) is 9.81. The van der Waals surface area contributed by atoms with Crippen LogP contribution < -0.4 is 0 Å². The smallest absolute Gasteiger partial charge is 0.323 e. The molecule has 1 atom stereocenters. The molecule has 1 aromatic heterocycles. The summed E-state index contributed by atoms with van der Waals surface area (Å²) in [7, 11) is 1.97. The van der Waals surface area contributed by atoms with Gasteiger partial charge in [0, 0.05) is 25.8 Å². The van der Waals surface area contributed by atoms with Crippen LogP contribution in [0.5, 0.6) is 0 Å². The SMILES string of the molecule is Cc1nc(CN2CCN(CC(=O)O)C(=O)[C@@H]2C)n(C)c1C. The third-order valence-electron chi connectivity index (χ3n) is 4.26. The van der Waals surface area contributed by atoms with E-state index in [9.17, 15) is 9.59 Å². The second-order valence-electron chi connectivity index (χ2n) is 5.56. The Morgan fingerprint density at radius 2 is 2.05 bits per heavy atom. The fraction of sp³-hybridized carbons (Fsp3) is 0.643. The number of aryl methyl sites for hydroxylation is 1. The predicted molar refractivity (Wildman–Crippen MR) is 76.8 cm³/mol. The molecule has 0 saturated carbocycles. The molecule has 0 aromatic carbocycles. The number of carboxylic acid groups (broad SMARTS) is 1. The number of hydrogen-bond acceptors (Lipinski definition) is 4. The largest absolute Gasteiger partial charge is 0.480 e. The molecule has 0 aliphatic carbocycles. The number of aromatic nitrogens is 2. The van der Waals surface area contributed by atoms with Crippen LogP contribution in [-0.2, 0) is 23.2 Å². The van der Waals surface area contributed by atoms with Crippen molar-refractivity contribution in [1.29, 1.82) is 0 Å². The van der Waals surface area contributed by atoms with Crippen LogP contribution in [0.4, 0.5) is 0 Å². The monoisotopic (exact) mass is 294 g/mol. The standard InChI is InChI=1S/C14H22N4O3/c1-9-10(2)16(4)12(15-9)7-17-5-6-18(8-13(19)20)14(21)11(17)3/h11H,5-8H2,1-4H3,(H,19,20)/t11-/m0/s1. The second kappa shape index (κ2) is 5.85. The van der Waals surface area contributed by atoms with E-state index in [4.69, 9.17) is 5.11 Å². The minimum atomic E-state index is -0.973. The van der Waals surface area contributed by atoms with Crippen molar-refractivity contribution >= 4 is 11.9 Å². The van der Waals surface area contributed by atoms with Gasteiger partial charge in [0.25, 0.3) is 0 Å². The third kappa shape index (κ3) is 3.07. The van der Waals surface area contributed by atoms with E-state index in [0.29, 0.717) is 19.6 Å². The van der Waals surface area contributed by atoms with Crippen molar-refractivity contribution in [2.75, 3.05) is 19.6 Å². The number of nitrogens with zero attached hydrogens (tertiary/aromatic N) is 4. The van der Waals surface area contributed by atoms with Crippen LogP contribution in [0.2, 0.25) is 0 Å². The van der Waals surface area contributed by atoms with Crippen LogP contribution in [-0.4, -0.2) is 62.0 Å². The maximum Gasteiger partial charge on any atom is 0.323 e. The topological polar surface area (TPSA) is 78.7 Å². The Balaban J connectivity index is 2.07. The van der Waals surface area contributed by atoms with Gasteiger partial charge in [0.2, 0.25) is 5.91 Å². The van der Waals surface area contributed by atoms with E-state index in [1.54, 1.807) is 0 Å². The number of imidazole rings is 1. The van der Waals surface area contributed by atoms with Gasteiger partial charge in [0.1, 0.15) is 12.4 Å². The van der Waals surface area contributed by atoms with E-state index >= 15 is 0 Å². The summed E-state index contributed by atoms with van der Waals surface area (Å²) in [4.78, 5) is 30.9. The Hall–Kier alpha value is -1.89. The van der Waals surface area contributed by atoms with Crippen molar-refractivity contribution in [3.63, 3.8) is 0 Å². The Bertz CT molecular complexity index is 567. The average Bonchev–Trinajstić information content (AvgIpc) is 2.65. The molecule has 7 nitrogen and oxygen atoms in total. The van der Waals surface area contributed by atoms with Gasteiger partial charge in [-0.3, -0.25) is 14.5 Å². The molecule has 7 heteroatoms. The number of amides is 1. The van der Waals surface area contributed by atoms with Crippen molar-refractivity contribution in [3.8, 4) is 0 Å². The van der Waals surface area contributed by atoms with E-state index in [0.717, 1.165) is 17.2 Å². The fourth-order valence-corrected chi connectivity index (χ4v) is 2.62. The average molecular weight is 294 g/mol. The summed E-state index contributed by atoms with van der Waals surface area (Å²) in [5.41, 5.74) is 2.12. The number of carboxylic acids is 1. The molecular weight excluding hydrogens is 272 g/mol. The van der Waals surface area contributed by atoms with Crippen LogP contribution in [0.25, 0.3) is 0 Å². The highest BCUT2D eigenvalue weighted by Gasteiger charge is 2.32. The fourth-order valence-electron chi connectivity index (χ4n) is 2.62. The zero-order chi connectivity index (χ0) is 15.7. The zero-order valence-electron chi connectivity index (χ0n) is 13.0. The molecule has 1 N–H and O–H groups in total. The molecule has 21 heavy (non-hydrogen) atoms. The maximum absolute atomic E-state index is 12.2. The van der Waals surface area contributed by atoms with Crippen LogP contribution in [0.1, 0.15) is 24.1 Å². The van der Waals surface area contributed by atoms with E-state index in [1.807, 2.05) is 37.3 Å². The highest BCUT2D eigenvalue weighted by atomic mass is 16.4. The van der Waals surface area contributed by atoms with E-state index < -0.39 is 5.97 Å². The number of rotatable bonds is 4. The molecule has 1 fully saturated rings. The van der Waals surface area contributed by atoms with Crippen molar-refractivity contribution in [2.24, 2.45) is 7.05 Å². The van der Waals surface area contributed by atoms with E-state index in [2.05, 4.69) is 4.98 Å². The van der Waals surface area contributed by atoms with Crippen LogP contribution in [0.3, 0.4) is 0 Å². The number of piperazine rings is 1. The Morgan fingerprint density at radius 3 is 2.57 bits per heavy atom. The normalized spacial score (nSPS) is 20.1. The molecule has 2 rings (SSSR count). The van der Waals surface area contributed by atoms with Crippen molar-refractivity contribution in [1.82, 2.24) is 19.4 Å². The second-order valence-corrected chi connectivity index (χ2v) is 5.56. The van der Waals surface area contributed by atoms with Crippen LogP contribution in [0.15, 0.2) is 0 Å². The van der Waals surface area contributed by atoms with Gasteiger partial charge in [-0.15, -0.1) is 0 Å². The summed E-state index contributed by atoms with van der Waals surface area (Å²) in [6.07, 6.45) is 0. The highest BCUT2D eigenvalue weighted by Crippen LogP contribution is 2.16. The van der Waals surface area contributed by atoms with Gasteiger partial charge >= 0.3 is 5.97 Å². The lowest BCUT2D eigenvalue weighted by Crippen LogP contribution is -2.56. The molecule has 1 aliphatic rings. The first kappa shape index (κ1) is 15.5. The minimum absolute atomic E-state index is 0.133. The number of hydrogen-bond donors (Lipinski definition) is 1. The molecule has 1 amide bonds. The van der Waals surface area contributed by atoms with Crippen molar-refractivity contribution in [3.05, 3.63) is 17.2 Å². The van der Waals surface area contributed by atoms with Gasteiger partial charge in [-0.2, -0.15) is 0 Å². The summed E-state index contributed by atoms with van der Waals surface area (Å²) >= 11 is 0. The van der Waals surface area contributed by atoms with Crippen molar-refractivity contribution in [2.45, 2.75) is 33.4 Å². The first-order valence-electron chi connectivity index (χ1n) is 7.04. The number of carbonyl (C=O) groups is 2. The lowest BCUT2D eigenvalue weighted by molar-refractivity contribution is -0.150. The molecule has 1 aromatic rings. The van der Waals surface area contributed by atoms with Gasteiger partial charge < -0.3 is 14.6 Å². The molecule has 2 heterocycles. The van der Waals surface area contributed by atoms with E-state index in [-0.39, 0.29) is 18.5 Å². The van der Waals surface area contributed by atoms with Gasteiger partial charge in [0.15, 0.2) is 0 Å². The van der Waals surface area contributed by atoms with E-state index in [1.165, 1.54) is 4.90 Å². The first-order valence-corrected chi connectivity index (χ1v) is 7.04. The molecule has 0 unspecified atom stereocenters. The van der Waals surface area contributed by atoms with Gasteiger partial charge in [-0.25, -0.2) is 4.98 Å². The molecule has 0 spiro atoms. The minimum Gasteiger partial charge on any atom is -0.480 e. The summed E-state index contributed by atoms with van der Waals surface area (Å²) in [5, 5.41) is 8.82. The van der Waals surface area contributed by atoms with Gasteiger partial charge in [-0.05, 0) is 20.8 Å². The lowest BCUT2D eigenvalue weighted by Gasteiger charge is -2.38. The molecule has 0 bridgehead atoms. The molecule has 116 valence electrons. The predicted octanol–water partition coefficient (Wildman–Crippen LogP) is 0.154. The van der Waals surface area contributed by atoms with Crippen molar-refractivity contribution < 1.29 is 14.7 Å². The summed E-state index contributed by atoms with van der Waals surface area (Å²) in [5.74, 6) is -0.179. The molecular formula is C14H22N4O3. The number of aliphatic carboxylic acids is 1. The Labute approximate surface area is 124 Å². The molecule has 1 aliphatic heterocycles. The summed E-state index contributed by atoms with van der Waals surface area (Å²) < 4.78 is 2.04. The van der Waals surface area contributed by atoms with Gasteiger partial charge in [-0.1, -0.05) is 0 Å². The zero-order valence-corrected chi connectivity index (χ0v) is 13.0. The lowest BCUT2D eigenvalue weighted by atomic mass is 10.1. The van der Waals surface area contributed by atoms with Crippen LogP contribution >= 0.6 is 0 Å². The number of carbonyl (C=O) groups excluding carboxylic acids is 1. The third-order valence-corrected chi connectivity index (χ3v) is 4.26. The summed E-state index contributed by atoms with van der Waals surface area (Å²) in [6, 6.07) is -0.324. The Kier molecular flexibility index (Phi) is 4.32.